The van der Waals surface area contributed by atoms with E-state index < -0.39 is 35.3 Å². The number of hydrogen-bond acceptors (Lipinski definition) is 11. The maximum absolute atomic E-state index is 16.9. The quantitative estimate of drug-likeness (QED) is 0.205. The van der Waals surface area contributed by atoms with E-state index in [1.165, 1.54) is 23.4 Å². The van der Waals surface area contributed by atoms with Crippen LogP contribution in [0.1, 0.15) is 36.9 Å². The van der Waals surface area contributed by atoms with Gasteiger partial charge in [-0.15, -0.1) is 0 Å². The van der Waals surface area contributed by atoms with Crippen LogP contribution < -0.4 is 9.64 Å². The van der Waals surface area contributed by atoms with Crippen molar-refractivity contribution in [2.75, 3.05) is 44.2 Å². The highest BCUT2D eigenvalue weighted by molar-refractivity contribution is 6.35. The van der Waals surface area contributed by atoms with Gasteiger partial charge in [-0.05, 0) is 50.1 Å². The zero-order chi connectivity index (χ0) is 36.9. The van der Waals surface area contributed by atoms with E-state index in [0.717, 1.165) is 25.5 Å². The third kappa shape index (κ3) is 6.27. The number of nitrogens with zero attached hydrogens (tertiary/aromatic N) is 10. The summed E-state index contributed by atoms with van der Waals surface area (Å²) in [6, 6.07) is 6.12. The van der Waals surface area contributed by atoms with Crippen LogP contribution in [0.25, 0.3) is 39.1 Å². The van der Waals surface area contributed by atoms with E-state index in [0.29, 0.717) is 40.0 Å². The molecule has 1 N–H and O–H groups in total. The molecular weight excluding hydrogens is 711 g/mol. The second-order valence-corrected chi connectivity index (χ2v) is 14.1. The van der Waals surface area contributed by atoms with Crippen molar-refractivity contribution in [1.82, 2.24) is 45.1 Å². The normalized spacial score (nSPS) is 22.1. The van der Waals surface area contributed by atoms with Crippen molar-refractivity contribution in [2.45, 2.75) is 50.4 Å². The first-order valence-corrected chi connectivity index (χ1v) is 17.6. The molecule has 1 aromatic carbocycles. The zero-order valence-corrected chi connectivity index (χ0v) is 29.3. The van der Waals surface area contributed by atoms with E-state index in [-0.39, 0.29) is 66.8 Å². The lowest BCUT2D eigenvalue weighted by atomic mass is 9.95. The Hall–Kier alpha value is -5.40. The van der Waals surface area contributed by atoms with Crippen LogP contribution in [0.5, 0.6) is 6.01 Å². The number of pyridine rings is 1. The fourth-order valence-corrected chi connectivity index (χ4v) is 8.14. The highest BCUT2D eigenvalue weighted by Crippen LogP contribution is 2.42. The summed E-state index contributed by atoms with van der Waals surface area (Å²) in [4.78, 5) is 32.3. The van der Waals surface area contributed by atoms with Gasteiger partial charge in [-0.3, -0.25) is 19.8 Å². The van der Waals surface area contributed by atoms with Gasteiger partial charge in [0.05, 0.1) is 51.9 Å². The van der Waals surface area contributed by atoms with Gasteiger partial charge in [0, 0.05) is 62.0 Å². The van der Waals surface area contributed by atoms with Crippen LogP contribution in [-0.4, -0.2) is 108 Å². The average Bonchev–Trinajstić information content (AvgIpc) is 3.86. The Bertz CT molecular complexity index is 2300. The molecule has 272 valence electrons. The number of aromatic nitrogens is 7. The van der Waals surface area contributed by atoms with Crippen LogP contribution in [0.3, 0.4) is 0 Å². The number of benzene rings is 1. The molecule has 8 rings (SSSR count). The number of nitrogens with one attached hydrogen (secondary N) is 1. The monoisotopic (exact) mass is 743 g/mol. The molecule has 3 atom stereocenters. The van der Waals surface area contributed by atoms with Crippen LogP contribution >= 0.6 is 11.6 Å². The maximum Gasteiger partial charge on any atom is 0.319 e. The van der Waals surface area contributed by atoms with Gasteiger partial charge in [-0.25, -0.2) is 13.2 Å². The minimum absolute atomic E-state index is 0.0237. The number of piperazine rings is 1. The Labute approximate surface area is 306 Å². The summed E-state index contributed by atoms with van der Waals surface area (Å²) in [5.74, 6) is -2.45. The number of H-pyrrole nitrogens is 1. The van der Waals surface area contributed by atoms with Gasteiger partial charge in [-0.2, -0.15) is 30.5 Å². The van der Waals surface area contributed by atoms with Crippen LogP contribution in [0.2, 0.25) is 5.02 Å². The topological polar surface area (TPSA) is 153 Å². The number of anilines is 1. The fraction of sp³-hybridized carbons (Fsp3) is 0.389. The Morgan fingerprint density at radius 2 is 2.09 bits per heavy atom. The lowest BCUT2D eigenvalue weighted by molar-refractivity contribution is -0.131. The van der Waals surface area contributed by atoms with E-state index in [4.69, 9.17) is 21.3 Å². The summed E-state index contributed by atoms with van der Waals surface area (Å²) in [7, 11) is 0. The van der Waals surface area contributed by atoms with Crippen molar-refractivity contribution < 1.29 is 22.7 Å². The number of ether oxygens (including phenoxy) is 1. The second-order valence-electron chi connectivity index (χ2n) is 13.7. The highest BCUT2D eigenvalue weighted by Gasteiger charge is 2.49. The molecular formula is C36H33ClF3N11O2. The summed E-state index contributed by atoms with van der Waals surface area (Å²) in [5.41, 5.74) is 1.20. The zero-order valence-electron chi connectivity index (χ0n) is 28.6. The number of nitriles is 1. The third-order valence-corrected chi connectivity index (χ3v) is 10.9. The van der Waals surface area contributed by atoms with Gasteiger partial charge in [0.15, 0.2) is 11.6 Å². The molecule has 7 heterocycles. The lowest BCUT2D eigenvalue weighted by Crippen LogP contribution is -2.55. The summed E-state index contributed by atoms with van der Waals surface area (Å²) in [6.07, 6.45) is 6.31. The molecule has 0 saturated carbocycles. The molecule has 17 heteroatoms. The van der Waals surface area contributed by atoms with Crippen molar-refractivity contribution in [2.24, 2.45) is 0 Å². The van der Waals surface area contributed by atoms with Crippen molar-refractivity contribution >= 4 is 51.2 Å². The first kappa shape index (κ1) is 34.7. The molecule has 5 aromatic rings. The number of halogens is 4. The minimum atomic E-state index is -1.05. The predicted molar refractivity (Wildman–Crippen MR) is 190 cm³/mol. The fourth-order valence-electron chi connectivity index (χ4n) is 7.90. The van der Waals surface area contributed by atoms with Crippen LogP contribution in [-0.2, 0) is 4.79 Å². The molecule has 1 amide bonds. The molecule has 3 saturated heterocycles. The maximum atomic E-state index is 16.9. The standard InChI is InChI=1S/C36H33ClF3N11O2/c1-20-12-27-24(16-44-48-27)28(29(20)37)32-30(40)31-25(15-42-32)33(46-35(45-31)53-19-36-6-3-9-50(36)17-21(38)14-36)49-10-11-51(23(18-49)5-7-41)34(52)26(39)13-22-4-2-8-43-47-22/h2,4,8,12-13,15-16,21,23H,3,5-6,9-11,14,17-19H2,1H3,(H,44,48)/b26-13-/t21?,23?,36-/m0/s1. The molecule has 3 aliphatic heterocycles. The number of carbonyl (C=O) groups excluding carboxylic acids is 1. The number of hydrogen-bond donors (Lipinski definition) is 1. The van der Waals surface area contributed by atoms with Crippen LogP contribution in [0.4, 0.5) is 19.0 Å². The molecule has 0 bridgehead atoms. The van der Waals surface area contributed by atoms with Gasteiger partial charge >= 0.3 is 6.01 Å². The SMILES string of the molecule is Cc1cc2[nH]ncc2c(-c2ncc3c(N4CCN(C(=O)/C(F)=C/c5cccnn5)C(CC#N)C4)nc(OC[C@@]45CCCN4CC(F)C5)nc3c2F)c1Cl. The largest absolute Gasteiger partial charge is 0.461 e. The first-order chi connectivity index (χ1) is 25.7. The molecule has 3 aliphatic rings. The summed E-state index contributed by atoms with van der Waals surface area (Å²) < 4.78 is 53.0. The number of fused-ring (bicyclic) bond motifs is 3. The molecule has 13 nitrogen and oxygen atoms in total. The van der Waals surface area contributed by atoms with Gasteiger partial charge < -0.3 is 14.5 Å². The second kappa shape index (κ2) is 13.9. The summed E-state index contributed by atoms with van der Waals surface area (Å²) >= 11 is 6.76. The Kier molecular flexibility index (Phi) is 9.07. The smallest absolute Gasteiger partial charge is 0.319 e. The first-order valence-electron chi connectivity index (χ1n) is 17.2. The van der Waals surface area contributed by atoms with E-state index in [9.17, 15) is 14.4 Å². The molecule has 4 aromatic heterocycles. The molecule has 2 unspecified atom stereocenters. The molecule has 3 fully saturated rings. The molecule has 0 aliphatic carbocycles. The number of carbonyl (C=O) groups is 1. The van der Waals surface area contributed by atoms with Gasteiger partial charge in [-0.1, -0.05) is 11.6 Å². The van der Waals surface area contributed by atoms with Crippen molar-refractivity contribution in [3.63, 3.8) is 0 Å². The Morgan fingerprint density at radius 3 is 2.91 bits per heavy atom. The summed E-state index contributed by atoms with van der Waals surface area (Å²) in [5, 5.41) is 25.4. The minimum Gasteiger partial charge on any atom is -0.461 e. The van der Waals surface area contributed by atoms with Crippen molar-refractivity contribution in [3.05, 3.63) is 64.7 Å². The van der Waals surface area contributed by atoms with Crippen molar-refractivity contribution in [3.8, 4) is 23.3 Å². The predicted octanol–water partition coefficient (Wildman–Crippen LogP) is 5.36. The number of rotatable bonds is 8. The molecule has 53 heavy (non-hydrogen) atoms. The number of aromatic amines is 1. The average molecular weight is 744 g/mol. The van der Waals surface area contributed by atoms with E-state index in [1.807, 2.05) is 6.07 Å². The highest BCUT2D eigenvalue weighted by atomic mass is 35.5. The molecule has 0 spiro atoms. The van der Waals surface area contributed by atoms with Gasteiger partial charge in [0.2, 0.25) is 0 Å². The van der Waals surface area contributed by atoms with Crippen LogP contribution in [0.15, 0.2) is 42.6 Å². The Morgan fingerprint density at radius 1 is 1.23 bits per heavy atom. The number of alkyl halides is 1. The van der Waals surface area contributed by atoms with Crippen LogP contribution in [0, 0.1) is 24.1 Å². The summed E-state index contributed by atoms with van der Waals surface area (Å²) in [6.45, 7) is 3.23. The number of aryl methyl sites for hydroxylation is 1. The van der Waals surface area contributed by atoms with E-state index in [2.05, 4.69) is 41.3 Å². The molecule has 0 radical (unpaired) electrons. The van der Waals surface area contributed by atoms with Crippen molar-refractivity contribution in [1.29, 1.82) is 5.26 Å². The third-order valence-electron chi connectivity index (χ3n) is 10.4. The van der Waals surface area contributed by atoms with E-state index >= 15 is 8.78 Å². The van der Waals surface area contributed by atoms with Gasteiger partial charge in [0.1, 0.15) is 29.8 Å². The van der Waals surface area contributed by atoms with Gasteiger partial charge in [0.25, 0.3) is 5.91 Å². The Balaban J connectivity index is 1.18. The lowest BCUT2D eigenvalue weighted by Gasteiger charge is -2.41. The van der Waals surface area contributed by atoms with E-state index in [1.54, 1.807) is 24.1 Å². The number of amides is 1.